The van der Waals surface area contributed by atoms with Gasteiger partial charge >= 0.3 is 0 Å². The summed E-state index contributed by atoms with van der Waals surface area (Å²) >= 11 is 4.65. The minimum atomic E-state index is 0.151. The highest BCUT2D eigenvalue weighted by atomic mass is 79.9. The van der Waals surface area contributed by atoms with E-state index in [1.54, 1.807) is 0 Å². The van der Waals surface area contributed by atoms with Crippen molar-refractivity contribution in [2.45, 2.75) is 13.8 Å². The summed E-state index contributed by atoms with van der Waals surface area (Å²) in [6.45, 7) is 3.88. The molecule has 0 amide bonds. The molecule has 0 fully saturated rings. The van der Waals surface area contributed by atoms with E-state index in [2.05, 4.69) is 15.9 Å². The van der Waals surface area contributed by atoms with Crippen LogP contribution in [0.3, 0.4) is 0 Å². The van der Waals surface area contributed by atoms with E-state index in [9.17, 15) is 4.79 Å². The third-order valence-corrected chi connectivity index (χ3v) is 3.76. The van der Waals surface area contributed by atoms with Crippen molar-refractivity contribution in [2.24, 2.45) is 0 Å². The number of carbonyl (C=O) groups excluding carboxylic acids is 1. The van der Waals surface area contributed by atoms with Crippen molar-refractivity contribution in [3.63, 3.8) is 0 Å². The number of hydrogen-bond acceptors (Lipinski definition) is 3. The predicted octanol–water partition coefficient (Wildman–Crippen LogP) is 3.29. The van der Waals surface area contributed by atoms with Crippen LogP contribution in [0.5, 0.6) is 5.75 Å². The van der Waals surface area contributed by atoms with Crippen molar-refractivity contribution in [1.29, 1.82) is 0 Å². The summed E-state index contributed by atoms with van der Waals surface area (Å²) in [5.41, 5.74) is 2.70. The van der Waals surface area contributed by atoms with E-state index in [1.807, 2.05) is 19.9 Å². The first-order chi connectivity index (χ1) is 6.61. The molecular weight excluding hydrogens is 264 g/mol. The molecule has 0 N–H and O–H groups in total. The Morgan fingerprint density at radius 2 is 2.21 bits per heavy atom. The lowest BCUT2D eigenvalue weighted by Gasteiger charge is -2.19. The average Bonchev–Trinajstić information content (AvgIpc) is 2.14. The maximum absolute atomic E-state index is 11.7. The molecule has 4 heteroatoms. The maximum atomic E-state index is 11.7. The van der Waals surface area contributed by atoms with Crippen molar-refractivity contribution < 1.29 is 8.98 Å². The summed E-state index contributed by atoms with van der Waals surface area (Å²) in [5.74, 6) is 1.29. The van der Waals surface area contributed by atoms with E-state index in [1.165, 1.54) is 12.0 Å². The van der Waals surface area contributed by atoms with E-state index < -0.39 is 0 Å². The van der Waals surface area contributed by atoms with Crippen molar-refractivity contribution in [1.82, 2.24) is 0 Å². The number of fused-ring (bicyclic) bond motifs is 1. The highest BCUT2D eigenvalue weighted by Crippen LogP contribution is 2.37. The van der Waals surface area contributed by atoms with Crippen LogP contribution in [0.2, 0.25) is 0 Å². The Morgan fingerprint density at radius 1 is 1.50 bits per heavy atom. The fourth-order valence-electron chi connectivity index (χ4n) is 1.51. The van der Waals surface area contributed by atoms with Gasteiger partial charge in [0.2, 0.25) is 0 Å². The van der Waals surface area contributed by atoms with Crippen LogP contribution >= 0.6 is 28.0 Å². The van der Waals surface area contributed by atoms with Crippen molar-refractivity contribution in [3.05, 3.63) is 27.2 Å². The van der Waals surface area contributed by atoms with Gasteiger partial charge in [-0.25, -0.2) is 0 Å². The largest absolute Gasteiger partial charge is 0.424 e. The molecule has 0 atom stereocenters. The Labute approximate surface area is 95.4 Å². The molecule has 0 saturated heterocycles. The standard InChI is InChI=1S/C10H9BrO2S/c1-5-3-7(11)6(2)9-8(12)4-14-13-10(5)9/h3H,4H2,1-2H3. The first-order valence-electron chi connectivity index (χ1n) is 4.23. The number of Topliss-reactive ketones (excluding diaryl/α,β-unsaturated/α-hetero) is 1. The number of hydrogen-bond donors (Lipinski definition) is 0. The molecule has 1 aliphatic rings. The molecule has 1 aromatic carbocycles. The summed E-state index contributed by atoms with van der Waals surface area (Å²) in [6.07, 6.45) is 0. The Bertz CT molecular complexity index is 415. The van der Waals surface area contributed by atoms with Crippen LogP contribution in [-0.4, -0.2) is 11.5 Å². The Balaban J connectivity index is 2.73. The quantitative estimate of drug-likeness (QED) is 0.678. The lowest BCUT2D eigenvalue weighted by Crippen LogP contribution is -2.14. The van der Waals surface area contributed by atoms with Crippen LogP contribution < -0.4 is 4.18 Å². The Kier molecular flexibility index (Phi) is 2.58. The Hall–Kier alpha value is -0.480. The van der Waals surface area contributed by atoms with Gasteiger partial charge in [0.15, 0.2) is 11.5 Å². The van der Waals surface area contributed by atoms with Crippen LogP contribution in [-0.2, 0) is 0 Å². The van der Waals surface area contributed by atoms with Gasteiger partial charge in [0.1, 0.15) is 0 Å². The van der Waals surface area contributed by atoms with Crippen molar-refractivity contribution >= 4 is 33.8 Å². The molecule has 1 heterocycles. The monoisotopic (exact) mass is 272 g/mol. The molecule has 0 aromatic heterocycles. The fourth-order valence-corrected chi connectivity index (χ4v) is 2.69. The molecule has 1 aromatic rings. The molecule has 0 saturated carbocycles. The summed E-state index contributed by atoms with van der Waals surface area (Å²) in [7, 11) is 0. The van der Waals surface area contributed by atoms with Crippen molar-refractivity contribution in [3.8, 4) is 5.75 Å². The van der Waals surface area contributed by atoms with Gasteiger partial charge in [-0.2, -0.15) is 0 Å². The topological polar surface area (TPSA) is 26.3 Å². The number of benzene rings is 1. The van der Waals surface area contributed by atoms with Gasteiger partial charge in [0, 0.05) is 4.47 Å². The van der Waals surface area contributed by atoms with Gasteiger partial charge < -0.3 is 4.18 Å². The maximum Gasteiger partial charge on any atom is 0.180 e. The van der Waals surface area contributed by atoms with E-state index in [-0.39, 0.29) is 5.78 Å². The predicted molar refractivity (Wildman–Crippen MR) is 61.0 cm³/mol. The summed E-state index contributed by atoms with van der Waals surface area (Å²) < 4.78 is 6.41. The zero-order chi connectivity index (χ0) is 10.3. The smallest absolute Gasteiger partial charge is 0.180 e. The zero-order valence-corrected chi connectivity index (χ0v) is 10.3. The lowest BCUT2D eigenvalue weighted by atomic mass is 10.0. The van der Waals surface area contributed by atoms with Crippen LogP contribution in [0.25, 0.3) is 0 Å². The SMILES string of the molecule is Cc1cc(Br)c(C)c2c1OSCC2=O. The number of rotatable bonds is 0. The normalized spacial score (nSPS) is 14.9. The molecule has 14 heavy (non-hydrogen) atoms. The van der Waals surface area contributed by atoms with Crippen LogP contribution in [0, 0.1) is 13.8 Å². The van der Waals surface area contributed by atoms with Crippen LogP contribution in [0.15, 0.2) is 10.5 Å². The number of aryl methyl sites for hydroxylation is 1. The third kappa shape index (κ3) is 1.46. The first kappa shape index (κ1) is 10.1. The van der Waals surface area contributed by atoms with E-state index >= 15 is 0 Å². The van der Waals surface area contributed by atoms with Gasteiger partial charge in [-0.05, 0) is 31.0 Å². The van der Waals surface area contributed by atoms with Gasteiger partial charge in [-0.15, -0.1) is 0 Å². The van der Waals surface area contributed by atoms with Gasteiger partial charge in [0.05, 0.1) is 23.4 Å². The molecular formula is C10H9BrO2S. The summed E-state index contributed by atoms with van der Waals surface area (Å²) in [4.78, 5) is 11.7. The molecule has 0 spiro atoms. The molecule has 2 nitrogen and oxygen atoms in total. The number of halogens is 1. The second kappa shape index (κ2) is 3.59. The first-order valence-corrected chi connectivity index (χ1v) is 5.94. The lowest BCUT2D eigenvalue weighted by molar-refractivity contribution is 0.101. The zero-order valence-electron chi connectivity index (χ0n) is 7.89. The molecule has 0 radical (unpaired) electrons. The number of carbonyl (C=O) groups is 1. The summed E-state index contributed by atoms with van der Waals surface area (Å²) in [6, 6.07) is 1.98. The number of ketones is 1. The molecule has 2 rings (SSSR count). The van der Waals surface area contributed by atoms with Gasteiger partial charge in [-0.1, -0.05) is 15.9 Å². The van der Waals surface area contributed by atoms with Crippen LogP contribution in [0.1, 0.15) is 21.5 Å². The molecule has 0 unspecified atom stereocenters. The molecule has 1 aliphatic heterocycles. The van der Waals surface area contributed by atoms with Gasteiger partial charge in [-0.3, -0.25) is 4.79 Å². The highest BCUT2D eigenvalue weighted by molar-refractivity contribution is 9.10. The second-order valence-electron chi connectivity index (χ2n) is 3.27. The average molecular weight is 273 g/mol. The second-order valence-corrected chi connectivity index (χ2v) is 4.82. The van der Waals surface area contributed by atoms with Crippen LogP contribution in [0.4, 0.5) is 0 Å². The molecule has 74 valence electrons. The Morgan fingerprint density at radius 3 is 2.93 bits per heavy atom. The third-order valence-electron chi connectivity index (χ3n) is 2.27. The fraction of sp³-hybridized carbons (Fsp3) is 0.300. The summed E-state index contributed by atoms with van der Waals surface area (Å²) in [5, 5.41) is 0. The van der Waals surface area contributed by atoms with E-state index in [0.29, 0.717) is 5.75 Å². The minimum absolute atomic E-state index is 0.151. The minimum Gasteiger partial charge on any atom is -0.424 e. The van der Waals surface area contributed by atoms with E-state index in [4.69, 9.17) is 4.18 Å². The highest BCUT2D eigenvalue weighted by Gasteiger charge is 2.24. The van der Waals surface area contributed by atoms with Gasteiger partial charge in [0.25, 0.3) is 0 Å². The van der Waals surface area contributed by atoms with E-state index in [0.717, 1.165) is 26.9 Å². The molecule has 0 bridgehead atoms. The molecule has 0 aliphatic carbocycles. The van der Waals surface area contributed by atoms with Crippen molar-refractivity contribution in [2.75, 3.05) is 5.75 Å².